The Bertz CT molecular complexity index is 1570. The second kappa shape index (κ2) is 17.6. The van der Waals surface area contributed by atoms with E-state index in [0.717, 1.165) is 11.1 Å². The molecular weight excluding hydrogens is 732 g/mol. The molecule has 4 rings (SSSR count). The predicted octanol–water partition coefficient (Wildman–Crippen LogP) is 5.17. The first-order chi connectivity index (χ1) is 24.5. The number of rotatable bonds is 9. The number of esters is 2. The van der Waals surface area contributed by atoms with Gasteiger partial charge in [-0.25, -0.2) is 4.79 Å². The van der Waals surface area contributed by atoms with Crippen LogP contribution in [-0.2, 0) is 44.5 Å². The van der Waals surface area contributed by atoms with E-state index in [-0.39, 0.29) is 36.6 Å². The van der Waals surface area contributed by atoms with Gasteiger partial charge in [0, 0.05) is 45.7 Å². The molecule has 0 aliphatic carbocycles. The molecule has 1 aromatic rings. The minimum Gasteiger partial charge on any atom is -0.495 e. The summed E-state index contributed by atoms with van der Waals surface area (Å²) in [4.78, 5) is 56.4. The molecule has 288 valence electrons. The number of carbonyl (C=O) groups is 4. The zero-order chi connectivity index (χ0) is 38.5. The lowest BCUT2D eigenvalue weighted by atomic mass is 9.78. The Hall–Kier alpha value is -2.75. The minimum absolute atomic E-state index is 0.0659. The van der Waals surface area contributed by atoms with Crippen LogP contribution in [0.15, 0.2) is 35.9 Å². The Labute approximate surface area is 319 Å². The van der Waals surface area contributed by atoms with E-state index in [4.69, 9.17) is 35.3 Å². The monoisotopic (exact) mass is 782 g/mol. The van der Waals surface area contributed by atoms with Crippen molar-refractivity contribution in [3.05, 3.63) is 46.5 Å². The van der Waals surface area contributed by atoms with Crippen LogP contribution >= 0.6 is 33.2 Å². The van der Waals surface area contributed by atoms with E-state index in [1.165, 1.54) is 24.0 Å². The van der Waals surface area contributed by atoms with Gasteiger partial charge in [-0.2, -0.15) is 0 Å². The van der Waals surface area contributed by atoms with Gasteiger partial charge in [-0.15, -0.1) is 0 Å². The van der Waals surface area contributed by atoms with Gasteiger partial charge in [-0.3, -0.25) is 14.4 Å². The number of nitrogens with zero attached hydrogens (tertiary/aromatic N) is 2. The number of ether oxygens (including phenoxy) is 5. The molecule has 0 saturated carbocycles. The van der Waals surface area contributed by atoms with Crippen molar-refractivity contribution in [2.45, 2.75) is 101 Å². The summed E-state index contributed by atoms with van der Waals surface area (Å²) in [5.74, 6) is -1.42. The Morgan fingerprint density at radius 1 is 1.25 bits per heavy atom. The summed E-state index contributed by atoms with van der Waals surface area (Å²) >= 11 is 6.76. The highest BCUT2D eigenvalue weighted by molar-refractivity contribution is 8.76. The van der Waals surface area contributed by atoms with Crippen molar-refractivity contribution >= 4 is 62.6 Å². The number of hydrogen-bond acceptors (Lipinski definition) is 12. The fraction of sp³-hybridized carbons (Fsp3) is 0.622. The Kier molecular flexibility index (Phi) is 14.2. The molecule has 0 radical (unpaired) electrons. The number of hydrogen-bond donors (Lipinski definition) is 1. The third kappa shape index (κ3) is 9.48. The van der Waals surface area contributed by atoms with Gasteiger partial charge >= 0.3 is 11.9 Å². The fourth-order valence-corrected chi connectivity index (χ4v) is 8.35. The zero-order valence-corrected chi connectivity index (χ0v) is 33.7. The molecule has 8 atom stereocenters. The molecular formula is C37H51ClN2O10S2. The molecule has 0 aromatic heterocycles. The van der Waals surface area contributed by atoms with Crippen LogP contribution in [0.4, 0.5) is 5.69 Å². The number of allylic oxidation sites excluding steroid dienone is 3. The highest BCUT2D eigenvalue weighted by Crippen LogP contribution is 2.50. The lowest BCUT2D eigenvalue weighted by Crippen LogP contribution is -2.53. The number of methoxy groups -OCH3 is 2. The molecule has 3 aliphatic rings. The summed E-state index contributed by atoms with van der Waals surface area (Å²) in [6.07, 6.45) is 4.23. The minimum atomic E-state index is -1.57. The standard InChI is InChI=1S/C37H51ClN2O10S2/c1-21-11-10-12-28(47-8)37(45)19-27(48-32(43)20-37)22(2)34-36(4,50-34)29(49-35(44)23(3)39(5)30(41)13-14-52-51-9)18-31(42)40(6)25-16-24(15-21)17-26(46-7)33(25)38/h10-12,16-17,22-23,27-29,34,45H,13-15,18-20H2,1-9H3/b12-10+,21-11+/t22-,23+,27+,28-,29+,34-,36+,37-/m1/s1. The molecule has 52 heavy (non-hydrogen) atoms. The van der Waals surface area contributed by atoms with E-state index in [1.807, 2.05) is 32.2 Å². The average molecular weight is 783 g/mol. The maximum Gasteiger partial charge on any atom is 0.328 e. The van der Waals surface area contributed by atoms with Gasteiger partial charge in [0.25, 0.3) is 0 Å². The lowest BCUT2D eigenvalue weighted by Gasteiger charge is -2.41. The number of amides is 2. The average Bonchev–Trinajstić information content (AvgIpc) is 3.80. The number of halogens is 1. The zero-order valence-electron chi connectivity index (χ0n) is 31.3. The third-order valence-electron chi connectivity index (χ3n) is 10.3. The molecule has 2 fully saturated rings. The first kappa shape index (κ1) is 42.0. The number of aliphatic hydroxyl groups is 1. The summed E-state index contributed by atoms with van der Waals surface area (Å²) in [6.45, 7) is 7.09. The molecule has 0 unspecified atom stereocenters. The van der Waals surface area contributed by atoms with Crippen molar-refractivity contribution in [3.63, 3.8) is 0 Å². The molecule has 1 N–H and O–H groups in total. The van der Waals surface area contributed by atoms with Gasteiger partial charge in [0.15, 0.2) is 0 Å². The van der Waals surface area contributed by atoms with Crippen LogP contribution in [-0.4, -0.2) is 116 Å². The smallest absolute Gasteiger partial charge is 0.328 e. The molecule has 12 nitrogen and oxygen atoms in total. The SMILES string of the molecule is COc1cc2cc(c1Cl)N(C)C(=O)C[C@H](OC(=O)[C@H](C)N(C)C(=O)CCSSC)[C@]1(C)O[C@@H]1[C@H](C)[C@@H]1C[C@@](O)(CC(=O)O1)[C@H](OC)/C=C/C=C(\C)C2. The van der Waals surface area contributed by atoms with Crippen LogP contribution in [0.5, 0.6) is 5.75 Å². The highest BCUT2D eigenvalue weighted by atomic mass is 35.5. The summed E-state index contributed by atoms with van der Waals surface area (Å²) < 4.78 is 29.4. The maximum absolute atomic E-state index is 14.1. The Morgan fingerprint density at radius 2 is 1.96 bits per heavy atom. The van der Waals surface area contributed by atoms with Crippen molar-refractivity contribution in [3.8, 4) is 5.75 Å². The maximum atomic E-state index is 14.1. The number of benzene rings is 1. The van der Waals surface area contributed by atoms with Crippen LogP contribution in [0.25, 0.3) is 0 Å². The van der Waals surface area contributed by atoms with Gasteiger partial charge in [-0.05, 0) is 51.1 Å². The molecule has 2 amide bonds. The Morgan fingerprint density at radius 3 is 2.62 bits per heavy atom. The first-order valence-corrected chi connectivity index (χ1v) is 20.3. The van der Waals surface area contributed by atoms with E-state index in [0.29, 0.717) is 23.6 Å². The summed E-state index contributed by atoms with van der Waals surface area (Å²) in [7, 11) is 9.21. The van der Waals surface area contributed by atoms with E-state index in [1.54, 1.807) is 67.7 Å². The van der Waals surface area contributed by atoms with Crippen LogP contribution in [0.3, 0.4) is 0 Å². The first-order valence-electron chi connectivity index (χ1n) is 17.2. The summed E-state index contributed by atoms with van der Waals surface area (Å²) in [5.41, 5.74) is -0.573. The number of anilines is 1. The van der Waals surface area contributed by atoms with Crippen molar-refractivity contribution in [1.82, 2.24) is 4.90 Å². The van der Waals surface area contributed by atoms with Crippen LogP contribution in [0, 0.1) is 5.92 Å². The predicted molar refractivity (Wildman–Crippen MR) is 203 cm³/mol. The fourth-order valence-electron chi connectivity index (χ4n) is 6.86. The van der Waals surface area contributed by atoms with Crippen molar-refractivity contribution in [2.75, 3.05) is 45.2 Å². The second-order valence-electron chi connectivity index (χ2n) is 14.0. The largest absolute Gasteiger partial charge is 0.495 e. The molecule has 3 aliphatic heterocycles. The van der Waals surface area contributed by atoms with Crippen molar-refractivity contribution in [1.29, 1.82) is 0 Å². The van der Waals surface area contributed by atoms with Crippen LogP contribution in [0.1, 0.15) is 58.9 Å². The number of fused-ring (bicyclic) bond motifs is 5. The van der Waals surface area contributed by atoms with Gasteiger partial charge in [0.05, 0.1) is 31.7 Å². The van der Waals surface area contributed by atoms with Crippen molar-refractivity contribution < 1.29 is 48.0 Å². The molecule has 0 spiro atoms. The van der Waals surface area contributed by atoms with Gasteiger partial charge in [-0.1, -0.05) is 63.9 Å². The lowest BCUT2D eigenvalue weighted by molar-refractivity contribution is -0.187. The van der Waals surface area contributed by atoms with E-state index in [9.17, 15) is 24.3 Å². The number of likely N-dealkylation sites (N-methyl/N-ethyl adjacent to an activating group) is 1. The highest BCUT2D eigenvalue weighted by Gasteiger charge is 2.64. The third-order valence-corrected chi connectivity index (χ3v) is 12.5. The topological polar surface area (TPSA) is 144 Å². The normalized spacial score (nSPS) is 31.7. The number of epoxide rings is 1. The Balaban J connectivity index is 1.74. The van der Waals surface area contributed by atoms with E-state index < -0.39 is 65.4 Å². The molecule has 15 heteroatoms. The van der Waals surface area contributed by atoms with Gasteiger partial charge < -0.3 is 38.6 Å². The summed E-state index contributed by atoms with van der Waals surface area (Å²) in [6, 6.07) is 2.66. The second-order valence-corrected chi connectivity index (χ2v) is 17.0. The molecule has 1 aromatic carbocycles. The number of carbonyl (C=O) groups excluding carboxylic acids is 4. The summed E-state index contributed by atoms with van der Waals surface area (Å²) in [5, 5.41) is 12.1. The van der Waals surface area contributed by atoms with Gasteiger partial charge in [0.2, 0.25) is 11.8 Å². The van der Waals surface area contributed by atoms with E-state index in [2.05, 4.69) is 0 Å². The van der Waals surface area contributed by atoms with Crippen molar-refractivity contribution in [2.24, 2.45) is 5.92 Å². The molecule has 2 saturated heterocycles. The molecule has 4 bridgehead atoms. The van der Waals surface area contributed by atoms with Gasteiger partial charge in [0.1, 0.15) is 46.3 Å². The quantitative estimate of drug-likeness (QED) is 0.153. The van der Waals surface area contributed by atoms with Crippen LogP contribution < -0.4 is 9.64 Å². The van der Waals surface area contributed by atoms with E-state index >= 15 is 0 Å². The molecule has 3 heterocycles. The van der Waals surface area contributed by atoms with Crippen LogP contribution in [0.2, 0.25) is 5.02 Å².